The van der Waals surface area contributed by atoms with Gasteiger partial charge in [0.15, 0.2) is 0 Å². The van der Waals surface area contributed by atoms with E-state index in [0.717, 1.165) is 10.2 Å². The van der Waals surface area contributed by atoms with Gasteiger partial charge in [-0.1, -0.05) is 18.2 Å². The van der Waals surface area contributed by atoms with Crippen molar-refractivity contribution in [3.05, 3.63) is 58.6 Å². The zero-order valence-electron chi connectivity index (χ0n) is 9.93. The van der Waals surface area contributed by atoms with Crippen LogP contribution in [0.5, 0.6) is 0 Å². The summed E-state index contributed by atoms with van der Waals surface area (Å²) >= 11 is 3.32. The van der Waals surface area contributed by atoms with Crippen molar-refractivity contribution in [3.63, 3.8) is 0 Å². The number of anilines is 2. The number of nitrogen functional groups attached to an aromatic ring is 1. The highest BCUT2D eigenvalue weighted by Crippen LogP contribution is 2.22. The third-order valence-electron chi connectivity index (χ3n) is 2.70. The summed E-state index contributed by atoms with van der Waals surface area (Å²) in [5, 5.41) is 0. The predicted molar refractivity (Wildman–Crippen MR) is 77.7 cm³/mol. The van der Waals surface area contributed by atoms with Crippen LogP contribution < -0.4 is 10.6 Å². The highest BCUT2D eigenvalue weighted by atomic mass is 79.9. The molecule has 2 aromatic carbocycles. The molecule has 0 aliphatic carbocycles. The molecule has 2 rings (SSSR count). The fraction of sp³-hybridized carbons (Fsp3) is 0.0714. The molecule has 0 saturated carbocycles. The van der Waals surface area contributed by atoms with Gasteiger partial charge in [-0.15, -0.1) is 0 Å². The largest absolute Gasteiger partial charge is 0.398 e. The zero-order valence-corrected chi connectivity index (χ0v) is 11.5. The summed E-state index contributed by atoms with van der Waals surface area (Å²) in [5.74, 6) is -0.0677. The molecule has 18 heavy (non-hydrogen) atoms. The predicted octanol–water partition coefficient (Wildman–Crippen LogP) is 3.31. The van der Waals surface area contributed by atoms with Crippen LogP contribution in [0.15, 0.2) is 53.0 Å². The van der Waals surface area contributed by atoms with Crippen LogP contribution in [0.25, 0.3) is 0 Å². The maximum Gasteiger partial charge on any atom is 0.258 e. The van der Waals surface area contributed by atoms with Crippen LogP contribution in [0.1, 0.15) is 10.4 Å². The van der Waals surface area contributed by atoms with E-state index in [-0.39, 0.29) is 5.91 Å². The molecule has 0 aliphatic rings. The molecule has 0 bridgehead atoms. The zero-order chi connectivity index (χ0) is 13.1. The fourth-order valence-electron chi connectivity index (χ4n) is 1.62. The van der Waals surface area contributed by atoms with Gasteiger partial charge in [0.1, 0.15) is 0 Å². The summed E-state index contributed by atoms with van der Waals surface area (Å²) in [4.78, 5) is 13.9. The maximum atomic E-state index is 12.3. The first-order chi connectivity index (χ1) is 8.59. The van der Waals surface area contributed by atoms with Gasteiger partial charge in [0.25, 0.3) is 5.91 Å². The lowest BCUT2D eigenvalue weighted by Crippen LogP contribution is -2.26. The molecule has 0 spiro atoms. The summed E-state index contributed by atoms with van der Waals surface area (Å²) in [6.07, 6.45) is 0. The first-order valence-electron chi connectivity index (χ1n) is 5.47. The van der Waals surface area contributed by atoms with E-state index < -0.39 is 0 Å². The van der Waals surface area contributed by atoms with Crippen LogP contribution in [0.3, 0.4) is 0 Å². The van der Waals surface area contributed by atoms with Crippen LogP contribution in [0.2, 0.25) is 0 Å². The van der Waals surface area contributed by atoms with E-state index in [1.165, 1.54) is 0 Å². The van der Waals surface area contributed by atoms with Gasteiger partial charge in [-0.05, 0) is 46.3 Å². The van der Waals surface area contributed by atoms with Crippen LogP contribution >= 0.6 is 15.9 Å². The second-order valence-electron chi connectivity index (χ2n) is 3.94. The second kappa shape index (κ2) is 5.23. The number of hydrogen-bond donors (Lipinski definition) is 1. The molecule has 0 heterocycles. The van der Waals surface area contributed by atoms with Gasteiger partial charge in [-0.2, -0.15) is 0 Å². The number of nitrogens with zero attached hydrogens (tertiary/aromatic N) is 1. The number of carbonyl (C=O) groups excluding carboxylic acids is 1. The van der Waals surface area contributed by atoms with Crippen LogP contribution in [0.4, 0.5) is 11.4 Å². The minimum absolute atomic E-state index is 0.0677. The van der Waals surface area contributed by atoms with Gasteiger partial charge >= 0.3 is 0 Å². The molecule has 0 unspecified atom stereocenters. The molecule has 0 aromatic heterocycles. The molecule has 92 valence electrons. The Kier molecular flexibility index (Phi) is 3.67. The SMILES string of the molecule is CN(C(=O)c1ccc(N)c(Br)c1)c1ccccc1. The number of rotatable bonds is 2. The Morgan fingerprint density at radius 1 is 1.17 bits per heavy atom. The number of amides is 1. The Labute approximate surface area is 114 Å². The Bertz CT molecular complexity index is 569. The van der Waals surface area contributed by atoms with Crippen LogP contribution in [-0.2, 0) is 0 Å². The molecule has 0 fully saturated rings. The number of nitrogens with two attached hydrogens (primary N) is 1. The van der Waals surface area contributed by atoms with Crippen molar-refractivity contribution in [2.45, 2.75) is 0 Å². The topological polar surface area (TPSA) is 46.3 Å². The van der Waals surface area contributed by atoms with Gasteiger partial charge in [-0.25, -0.2) is 0 Å². The Morgan fingerprint density at radius 3 is 2.44 bits per heavy atom. The summed E-state index contributed by atoms with van der Waals surface area (Å²) in [6, 6.07) is 14.7. The molecular formula is C14H13BrN2O. The highest BCUT2D eigenvalue weighted by molar-refractivity contribution is 9.10. The highest BCUT2D eigenvalue weighted by Gasteiger charge is 2.13. The standard InChI is InChI=1S/C14H13BrN2O/c1-17(11-5-3-2-4-6-11)14(18)10-7-8-13(16)12(15)9-10/h2-9H,16H2,1H3. The van der Waals surface area contributed by atoms with Gasteiger partial charge < -0.3 is 10.6 Å². The molecular weight excluding hydrogens is 292 g/mol. The van der Waals surface area contributed by atoms with E-state index in [4.69, 9.17) is 5.73 Å². The van der Waals surface area contributed by atoms with Crippen LogP contribution in [0, 0.1) is 0 Å². The average Bonchev–Trinajstić information content (AvgIpc) is 2.41. The van der Waals surface area contributed by atoms with Crippen molar-refractivity contribution < 1.29 is 4.79 Å². The Balaban J connectivity index is 2.29. The number of halogens is 1. The third-order valence-corrected chi connectivity index (χ3v) is 3.38. The van der Waals surface area contributed by atoms with Crippen molar-refractivity contribution in [2.75, 3.05) is 17.7 Å². The number of carbonyl (C=O) groups is 1. The molecule has 0 saturated heterocycles. The van der Waals surface area contributed by atoms with E-state index in [9.17, 15) is 4.79 Å². The minimum Gasteiger partial charge on any atom is -0.398 e. The van der Waals surface area contributed by atoms with E-state index in [1.54, 1.807) is 30.1 Å². The van der Waals surface area contributed by atoms with Crippen molar-refractivity contribution in [1.29, 1.82) is 0 Å². The van der Waals surface area contributed by atoms with Gasteiger partial charge in [0.05, 0.1) is 0 Å². The van der Waals surface area contributed by atoms with Crippen LogP contribution in [-0.4, -0.2) is 13.0 Å². The maximum absolute atomic E-state index is 12.3. The molecule has 4 heteroatoms. The Morgan fingerprint density at radius 2 is 1.83 bits per heavy atom. The molecule has 0 aliphatic heterocycles. The van der Waals surface area contributed by atoms with Gasteiger partial charge in [0.2, 0.25) is 0 Å². The molecule has 1 amide bonds. The van der Waals surface area contributed by atoms with E-state index in [2.05, 4.69) is 15.9 Å². The molecule has 2 N–H and O–H groups in total. The Hall–Kier alpha value is -1.81. The van der Waals surface area contributed by atoms with E-state index >= 15 is 0 Å². The first-order valence-corrected chi connectivity index (χ1v) is 6.27. The lowest BCUT2D eigenvalue weighted by molar-refractivity contribution is 0.0993. The number of benzene rings is 2. The summed E-state index contributed by atoms with van der Waals surface area (Å²) in [7, 11) is 1.75. The fourth-order valence-corrected chi connectivity index (χ4v) is 2.00. The first kappa shape index (κ1) is 12.6. The number of para-hydroxylation sites is 1. The lowest BCUT2D eigenvalue weighted by atomic mass is 10.1. The smallest absolute Gasteiger partial charge is 0.258 e. The van der Waals surface area contributed by atoms with Crippen molar-refractivity contribution >= 4 is 33.2 Å². The summed E-state index contributed by atoms with van der Waals surface area (Å²) < 4.78 is 0.731. The lowest BCUT2D eigenvalue weighted by Gasteiger charge is -2.17. The van der Waals surface area contributed by atoms with Crippen molar-refractivity contribution in [3.8, 4) is 0 Å². The van der Waals surface area contributed by atoms with E-state index in [0.29, 0.717) is 11.3 Å². The summed E-state index contributed by atoms with van der Waals surface area (Å²) in [5.41, 5.74) is 7.78. The minimum atomic E-state index is -0.0677. The van der Waals surface area contributed by atoms with E-state index in [1.807, 2.05) is 30.3 Å². The molecule has 0 atom stereocenters. The number of hydrogen-bond acceptors (Lipinski definition) is 2. The van der Waals surface area contributed by atoms with Gasteiger partial charge in [-0.3, -0.25) is 4.79 Å². The van der Waals surface area contributed by atoms with Crippen molar-refractivity contribution in [2.24, 2.45) is 0 Å². The van der Waals surface area contributed by atoms with Crippen molar-refractivity contribution in [1.82, 2.24) is 0 Å². The molecule has 3 nitrogen and oxygen atoms in total. The average molecular weight is 305 g/mol. The van der Waals surface area contributed by atoms with Gasteiger partial charge in [0, 0.05) is 28.5 Å². The molecule has 2 aromatic rings. The third kappa shape index (κ3) is 2.54. The normalized spacial score (nSPS) is 10.1. The molecule has 0 radical (unpaired) electrons. The second-order valence-corrected chi connectivity index (χ2v) is 4.79. The quantitative estimate of drug-likeness (QED) is 0.865. The summed E-state index contributed by atoms with van der Waals surface area (Å²) in [6.45, 7) is 0. The monoisotopic (exact) mass is 304 g/mol.